The fraction of sp³-hybridized carbons (Fsp3) is 0.125. The number of rotatable bonds is 2. The number of alkyl halides is 3. The van der Waals surface area contributed by atoms with Crippen LogP contribution in [0.5, 0.6) is 0 Å². The van der Waals surface area contributed by atoms with Gasteiger partial charge in [-0.1, -0.05) is 35.5 Å². The maximum atomic E-state index is 11.4. The Kier molecular flexibility index (Phi) is 2.89. The van der Waals surface area contributed by atoms with E-state index in [4.69, 9.17) is 0 Å². The van der Waals surface area contributed by atoms with E-state index in [-0.39, 0.29) is 0 Å². The second-order valence-electron chi connectivity index (χ2n) is 2.18. The van der Waals surface area contributed by atoms with Gasteiger partial charge >= 0.3 is 6.36 Å². The topological polar surface area (TPSA) is 21.6 Å². The maximum absolute atomic E-state index is 11.4. The van der Waals surface area contributed by atoms with Crippen molar-refractivity contribution >= 4 is 6.21 Å². The first-order valence-electron chi connectivity index (χ1n) is 3.41. The van der Waals surface area contributed by atoms with Crippen LogP contribution in [0.1, 0.15) is 5.56 Å². The van der Waals surface area contributed by atoms with Gasteiger partial charge in [-0.2, -0.15) is 0 Å². The summed E-state index contributed by atoms with van der Waals surface area (Å²) in [5, 5.41) is 2.76. The molecule has 1 aromatic rings. The van der Waals surface area contributed by atoms with Crippen molar-refractivity contribution in [1.82, 2.24) is 0 Å². The molecule has 0 aliphatic carbocycles. The first-order valence-corrected chi connectivity index (χ1v) is 3.41. The predicted octanol–water partition coefficient (Wildman–Crippen LogP) is 2.56. The van der Waals surface area contributed by atoms with Gasteiger partial charge in [-0.05, 0) is 5.56 Å². The Morgan fingerprint density at radius 3 is 2.31 bits per heavy atom. The van der Waals surface area contributed by atoms with Gasteiger partial charge in [0, 0.05) is 0 Å². The van der Waals surface area contributed by atoms with Crippen LogP contribution in [0.3, 0.4) is 0 Å². The fourth-order valence-electron chi connectivity index (χ4n) is 0.686. The molecule has 13 heavy (non-hydrogen) atoms. The lowest BCUT2D eigenvalue weighted by Crippen LogP contribution is -2.08. The lowest BCUT2D eigenvalue weighted by molar-refractivity contribution is -0.325. The van der Waals surface area contributed by atoms with E-state index in [9.17, 15) is 13.2 Å². The lowest BCUT2D eigenvalue weighted by Gasteiger charge is -2.00. The van der Waals surface area contributed by atoms with Crippen molar-refractivity contribution in [1.29, 1.82) is 0 Å². The van der Waals surface area contributed by atoms with E-state index in [0.717, 1.165) is 6.21 Å². The molecule has 0 unspecified atom stereocenters. The summed E-state index contributed by atoms with van der Waals surface area (Å²) >= 11 is 0. The highest BCUT2D eigenvalue weighted by molar-refractivity contribution is 5.78. The number of benzene rings is 1. The molecule has 0 heterocycles. The minimum Gasteiger partial charge on any atom is -0.294 e. The van der Waals surface area contributed by atoms with Gasteiger partial charge in [0.05, 0.1) is 6.21 Å². The zero-order chi connectivity index (χ0) is 9.73. The third-order valence-corrected chi connectivity index (χ3v) is 1.16. The molecule has 2 nitrogen and oxygen atoms in total. The molecule has 5 heteroatoms. The molecule has 70 valence electrons. The standard InChI is InChI=1S/C8H6F3NO/c9-8(10,11)13-12-6-7-4-2-1-3-5-7/h1-6H. The number of hydrogen-bond acceptors (Lipinski definition) is 2. The molecule has 0 bridgehead atoms. The van der Waals surface area contributed by atoms with Gasteiger partial charge in [0.1, 0.15) is 0 Å². The number of nitrogens with zero attached hydrogens (tertiary/aromatic N) is 1. The summed E-state index contributed by atoms with van der Waals surface area (Å²) in [6.07, 6.45) is -3.72. The second-order valence-corrected chi connectivity index (χ2v) is 2.18. The highest BCUT2D eigenvalue weighted by atomic mass is 19.4. The third kappa shape index (κ3) is 4.15. The molecule has 0 radical (unpaired) electrons. The van der Waals surface area contributed by atoms with Crippen LogP contribution in [0.2, 0.25) is 0 Å². The Bertz CT molecular complexity index is 281. The Labute approximate surface area is 72.6 Å². The van der Waals surface area contributed by atoms with Gasteiger partial charge < -0.3 is 0 Å². The van der Waals surface area contributed by atoms with Crippen molar-refractivity contribution in [3.63, 3.8) is 0 Å². The van der Waals surface area contributed by atoms with Gasteiger partial charge in [0.25, 0.3) is 0 Å². The summed E-state index contributed by atoms with van der Waals surface area (Å²) in [6, 6.07) is 8.36. The van der Waals surface area contributed by atoms with Crippen LogP contribution in [0.15, 0.2) is 35.5 Å². The summed E-state index contributed by atoms with van der Waals surface area (Å²) in [5.74, 6) is 0. The van der Waals surface area contributed by atoms with Crippen molar-refractivity contribution in [2.75, 3.05) is 0 Å². The van der Waals surface area contributed by atoms with Crippen LogP contribution in [-0.4, -0.2) is 12.6 Å². The SMILES string of the molecule is FC(F)(F)ON=Cc1ccccc1. The second kappa shape index (κ2) is 3.93. The lowest BCUT2D eigenvalue weighted by atomic mass is 10.2. The van der Waals surface area contributed by atoms with Gasteiger partial charge in [0.15, 0.2) is 0 Å². The highest BCUT2D eigenvalue weighted by Crippen LogP contribution is 2.15. The largest absolute Gasteiger partial charge is 0.593 e. The summed E-state index contributed by atoms with van der Waals surface area (Å²) in [4.78, 5) is 3.20. The zero-order valence-corrected chi connectivity index (χ0v) is 6.45. The average Bonchev–Trinajstić information content (AvgIpc) is 2.04. The number of oxime groups is 1. The van der Waals surface area contributed by atoms with Crippen LogP contribution < -0.4 is 0 Å². The summed E-state index contributed by atoms with van der Waals surface area (Å²) in [6.45, 7) is 0. The predicted molar refractivity (Wildman–Crippen MR) is 41.2 cm³/mol. The van der Waals surface area contributed by atoms with E-state index in [1.165, 1.54) is 0 Å². The van der Waals surface area contributed by atoms with E-state index in [0.29, 0.717) is 5.56 Å². The van der Waals surface area contributed by atoms with Crippen molar-refractivity contribution in [2.45, 2.75) is 6.36 Å². The fourth-order valence-corrected chi connectivity index (χ4v) is 0.686. The van der Waals surface area contributed by atoms with Crippen molar-refractivity contribution in [2.24, 2.45) is 5.16 Å². The van der Waals surface area contributed by atoms with E-state index in [1.807, 2.05) is 0 Å². The maximum Gasteiger partial charge on any atom is 0.593 e. The quantitative estimate of drug-likeness (QED) is 0.517. The van der Waals surface area contributed by atoms with E-state index >= 15 is 0 Å². The van der Waals surface area contributed by atoms with Crippen molar-refractivity contribution < 1.29 is 18.0 Å². The number of halogens is 3. The van der Waals surface area contributed by atoms with Crippen molar-refractivity contribution in [3.05, 3.63) is 35.9 Å². The molecular weight excluding hydrogens is 183 g/mol. The average molecular weight is 189 g/mol. The van der Waals surface area contributed by atoms with Crippen LogP contribution in [0.25, 0.3) is 0 Å². The van der Waals surface area contributed by atoms with Gasteiger partial charge in [-0.25, -0.2) is 0 Å². The first kappa shape index (κ1) is 9.57. The molecule has 0 aromatic heterocycles. The van der Waals surface area contributed by atoms with Crippen molar-refractivity contribution in [3.8, 4) is 0 Å². The van der Waals surface area contributed by atoms with E-state index in [1.54, 1.807) is 30.3 Å². The Morgan fingerprint density at radius 2 is 1.77 bits per heavy atom. The third-order valence-electron chi connectivity index (χ3n) is 1.16. The monoisotopic (exact) mass is 189 g/mol. The van der Waals surface area contributed by atoms with Gasteiger partial charge in [0.2, 0.25) is 0 Å². The van der Waals surface area contributed by atoms with Gasteiger partial charge in [-0.3, -0.25) is 4.84 Å². The molecular formula is C8H6F3NO. The van der Waals surface area contributed by atoms with Crippen LogP contribution in [0.4, 0.5) is 13.2 Å². The molecule has 0 N–H and O–H groups in total. The summed E-state index contributed by atoms with van der Waals surface area (Å²) < 4.78 is 34.3. The Balaban J connectivity index is 2.51. The molecule has 0 saturated heterocycles. The van der Waals surface area contributed by atoms with E-state index < -0.39 is 6.36 Å². The summed E-state index contributed by atoms with van der Waals surface area (Å²) in [5.41, 5.74) is 0.548. The molecule has 0 saturated carbocycles. The molecule has 0 amide bonds. The molecule has 1 aromatic carbocycles. The van der Waals surface area contributed by atoms with E-state index in [2.05, 4.69) is 9.99 Å². The molecule has 0 fully saturated rings. The summed E-state index contributed by atoms with van der Waals surface area (Å²) in [7, 11) is 0. The van der Waals surface area contributed by atoms with Crippen LogP contribution in [0, 0.1) is 0 Å². The minimum absolute atomic E-state index is 0.548. The normalized spacial score (nSPS) is 11.9. The molecule has 0 aliphatic heterocycles. The Hall–Kier alpha value is -1.52. The van der Waals surface area contributed by atoms with Crippen LogP contribution in [-0.2, 0) is 4.84 Å². The zero-order valence-electron chi connectivity index (χ0n) is 6.45. The first-order chi connectivity index (χ1) is 6.08. The molecule has 0 spiro atoms. The smallest absolute Gasteiger partial charge is 0.294 e. The minimum atomic E-state index is -4.72. The molecule has 0 aliphatic rings. The van der Waals surface area contributed by atoms with Crippen LogP contribution >= 0.6 is 0 Å². The highest BCUT2D eigenvalue weighted by Gasteiger charge is 2.30. The van der Waals surface area contributed by atoms with Gasteiger partial charge in [-0.15, -0.1) is 13.2 Å². The molecule has 1 rings (SSSR count). The number of hydrogen-bond donors (Lipinski definition) is 0. The Morgan fingerprint density at radius 1 is 1.15 bits per heavy atom. The molecule has 0 atom stereocenters.